The predicted molar refractivity (Wildman–Crippen MR) is 76.0 cm³/mol. The van der Waals surface area contributed by atoms with Crippen LogP contribution < -0.4 is 11.1 Å². The molecule has 0 spiro atoms. The van der Waals surface area contributed by atoms with Crippen molar-refractivity contribution in [3.63, 3.8) is 0 Å². The summed E-state index contributed by atoms with van der Waals surface area (Å²) in [5.41, 5.74) is 5.16. The number of rotatable bonds is 4. The Balaban J connectivity index is 0.00000128. The van der Waals surface area contributed by atoms with E-state index >= 15 is 0 Å². The lowest BCUT2D eigenvalue weighted by molar-refractivity contribution is -0.0235. The van der Waals surface area contributed by atoms with Crippen LogP contribution >= 0.6 is 24.0 Å². The Morgan fingerprint density at radius 2 is 2.06 bits per heavy atom. The lowest BCUT2D eigenvalue weighted by Crippen LogP contribution is -2.42. The first-order valence-corrected chi connectivity index (χ1v) is 5.94. The zero-order valence-corrected chi connectivity index (χ0v) is 11.9. The van der Waals surface area contributed by atoms with Crippen molar-refractivity contribution in [1.29, 1.82) is 0 Å². The topological polar surface area (TPSA) is 70.6 Å². The highest BCUT2D eigenvalue weighted by molar-refractivity contribution is 14.0. The van der Waals surface area contributed by atoms with Gasteiger partial charge in [-0.2, -0.15) is 0 Å². The maximum atomic E-state index is 9.80. The normalized spacial score (nSPS) is 23.9. The van der Waals surface area contributed by atoms with Crippen molar-refractivity contribution < 1.29 is 5.11 Å². The molecule has 0 unspecified atom stereocenters. The number of hydrogen-bond donors (Lipinski definition) is 3. The van der Waals surface area contributed by atoms with Gasteiger partial charge in [-0.05, 0) is 38.0 Å². The standard InChI is InChI=1S/C11H21N3O.HI/c12-10(13-7-9-3-1-4-9)14-8-11(15)5-2-6-11;/h9,15H,1-8H2,(H3,12,13,14);1H. The van der Waals surface area contributed by atoms with Crippen molar-refractivity contribution in [2.45, 2.75) is 44.1 Å². The third kappa shape index (κ3) is 3.76. The molecule has 0 aliphatic heterocycles. The van der Waals surface area contributed by atoms with Gasteiger partial charge in [0.2, 0.25) is 0 Å². The van der Waals surface area contributed by atoms with Crippen LogP contribution in [0.4, 0.5) is 0 Å². The molecule has 2 aliphatic rings. The van der Waals surface area contributed by atoms with E-state index in [1.807, 2.05) is 0 Å². The molecule has 16 heavy (non-hydrogen) atoms. The van der Waals surface area contributed by atoms with Crippen LogP contribution in [0.2, 0.25) is 0 Å². The fraction of sp³-hybridized carbons (Fsp3) is 0.909. The zero-order chi connectivity index (χ0) is 10.7. The van der Waals surface area contributed by atoms with Crippen LogP contribution in [0.25, 0.3) is 0 Å². The third-order valence-corrected chi connectivity index (χ3v) is 3.62. The van der Waals surface area contributed by atoms with E-state index in [2.05, 4.69) is 10.3 Å². The molecule has 0 amide bonds. The first-order chi connectivity index (χ1) is 7.18. The Morgan fingerprint density at radius 3 is 2.50 bits per heavy atom. The van der Waals surface area contributed by atoms with E-state index < -0.39 is 5.60 Å². The summed E-state index contributed by atoms with van der Waals surface area (Å²) >= 11 is 0. The summed E-state index contributed by atoms with van der Waals surface area (Å²) in [5, 5.41) is 12.9. The summed E-state index contributed by atoms with van der Waals surface area (Å²) in [6.07, 6.45) is 6.82. The SMILES string of the molecule is I.NC(=NCC1(O)CCC1)NCC1CCC1. The Hall–Kier alpha value is -0.0400. The molecule has 4 nitrogen and oxygen atoms in total. The highest BCUT2D eigenvalue weighted by Crippen LogP contribution is 2.31. The van der Waals surface area contributed by atoms with Gasteiger partial charge in [-0.3, -0.25) is 4.99 Å². The van der Waals surface area contributed by atoms with Crippen molar-refractivity contribution >= 4 is 29.9 Å². The fourth-order valence-electron chi connectivity index (χ4n) is 1.98. The van der Waals surface area contributed by atoms with E-state index in [1.54, 1.807) is 0 Å². The molecule has 5 heteroatoms. The molecule has 0 heterocycles. The lowest BCUT2D eigenvalue weighted by Gasteiger charge is -2.35. The molecule has 0 aromatic carbocycles. The van der Waals surface area contributed by atoms with E-state index in [1.165, 1.54) is 19.3 Å². The molecule has 2 aliphatic carbocycles. The van der Waals surface area contributed by atoms with Crippen LogP contribution in [-0.4, -0.2) is 29.8 Å². The molecule has 2 rings (SSSR count). The van der Waals surface area contributed by atoms with E-state index in [9.17, 15) is 5.11 Å². The predicted octanol–water partition coefficient (Wildman–Crippen LogP) is 1.22. The second-order valence-corrected chi connectivity index (χ2v) is 4.96. The molecule has 0 aromatic heterocycles. The van der Waals surface area contributed by atoms with Gasteiger partial charge in [0.05, 0.1) is 12.1 Å². The van der Waals surface area contributed by atoms with E-state index in [0.29, 0.717) is 12.5 Å². The highest BCUT2D eigenvalue weighted by atomic mass is 127. The molecule has 0 radical (unpaired) electrons. The van der Waals surface area contributed by atoms with Gasteiger partial charge in [-0.25, -0.2) is 0 Å². The molecule has 2 fully saturated rings. The zero-order valence-electron chi connectivity index (χ0n) is 9.61. The van der Waals surface area contributed by atoms with Gasteiger partial charge in [-0.1, -0.05) is 6.42 Å². The molecule has 0 bridgehead atoms. The lowest BCUT2D eigenvalue weighted by atomic mass is 9.80. The first kappa shape index (κ1) is 14.0. The third-order valence-electron chi connectivity index (χ3n) is 3.62. The van der Waals surface area contributed by atoms with Gasteiger partial charge in [-0.15, -0.1) is 24.0 Å². The average molecular weight is 339 g/mol. The summed E-state index contributed by atoms with van der Waals surface area (Å²) < 4.78 is 0. The molecule has 0 atom stereocenters. The second-order valence-electron chi connectivity index (χ2n) is 4.96. The van der Waals surface area contributed by atoms with Crippen molar-refractivity contribution in [2.75, 3.05) is 13.1 Å². The van der Waals surface area contributed by atoms with Crippen molar-refractivity contribution in [2.24, 2.45) is 16.6 Å². The van der Waals surface area contributed by atoms with Crippen LogP contribution in [-0.2, 0) is 0 Å². The number of aliphatic imine (C=N–C) groups is 1. The Labute approximate surface area is 114 Å². The van der Waals surface area contributed by atoms with Gasteiger partial charge in [0, 0.05) is 6.54 Å². The van der Waals surface area contributed by atoms with Crippen molar-refractivity contribution in [1.82, 2.24) is 5.32 Å². The molecule has 4 N–H and O–H groups in total. The Morgan fingerprint density at radius 1 is 1.38 bits per heavy atom. The van der Waals surface area contributed by atoms with Crippen LogP contribution in [0, 0.1) is 5.92 Å². The van der Waals surface area contributed by atoms with Crippen LogP contribution in [0.3, 0.4) is 0 Å². The molecule has 0 saturated heterocycles. The summed E-state index contributed by atoms with van der Waals surface area (Å²) in [6, 6.07) is 0. The molecule has 2 saturated carbocycles. The van der Waals surface area contributed by atoms with Crippen LogP contribution in [0.15, 0.2) is 4.99 Å². The molecular weight excluding hydrogens is 317 g/mol. The number of nitrogens with one attached hydrogen (secondary N) is 1. The molecule has 94 valence electrons. The number of hydrogen-bond acceptors (Lipinski definition) is 2. The average Bonchev–Trinajstić information content (AvgIpc) is 2.09. The van der Waals surface area contributed by atoms with Crippen molar-refractivity contribution in [3.05, 3.63) is 0 Å². The maximum Gasteiger partial charge on any atom is 0.188 e. The second kappa shape index (κ2) is 6.05. The van der Waals surface area contributed by atoms with Crippen molar-refractivity contribution in [3.8, 4) is 0 Å². The summed E-state index contributed by atoms with van der Waals surface area (Å²) in [6.45, 7) is 1.39. The number of nitrogens with zero attached hydrogens (tertiary/aromatic N) is 1. The Kier molecular flexibility index (Phi) is 5.30. The summed E-state index contributed by atoms with van der Waals surface area (Å²) in [4.78, 5) is 4.18. The van der Waals surface area contributed by atoms with Gasteiger partial charge < -0.3 is 16.2 Å². The minimum absolute atomic E-state index is 0. The maximum absolute atomic E-state index is 9.80. The van der Waals surface area contributed by atoms with Crippen LogP contribution in [0.5, 0.6) is 0 Å². The minimum Gasteiger partial charge on any atom is -0.388 e. The monoisotopic (exact) mass is 339 g/mol. The minimum atomic E-state index is -0.553. The van der Waals surface area contributed by atoms with Gasteiger partial charge in [0.25, 0.3) is 0 Å². The van der Waals surface area contributed by atoms with Crippen LogP contribution in [0.1, 0.15) is 38.5 Å². The summed E-state index contributed by atoms with van der Waals surface area (Å²) in [7, 11) is 0. The Bertz CT molecular complexity index is 250. The number of halogens is 1. The number of aliphatic hydroxyl groups is 1. The van der Waals surface area contributed by atoms with E-state index in [-0.39, 0.29) is 24.0 Å². The van der Waals surface area contributed by atoms with Gasteiger partial charge in [0.1, 0.15) is 0 Å². The quantitative estimate of drug-likeness (QED) is 0.410. The fourth-order valence-corrected chi connectivity index (χ4v) is 1.98. The molecule has 0 aromatic rings. The van der Waals surface area contributed by atoms with Gasteiger partial charge >= 0.3 is 0 Å². The highest BCUT2D eigenvalue weighted by Gasteiger charge is 2.33. The first-order valence-electron chi connectivity index (χ1n) is 5.94. The molecular formula is C11H22IN3O. The summed E-state index contributed by atoms with van der Waals surface area (Å²) in [5.74, 6) is 1.27. The van der Waals surface area contributed by atoms with E-state index in [0.717, 1.165) is 31.7 Å². The number of nitrogens with two attached hydrogens (primary N) is 1. The number of guanidine groups is 1. The smallest absolute Gasteiger partial charge is 0.188 e. The van der Waals surface area contributed by atoms with E-state index in [4.69, 9.17) is 5.73 Å². The van der Waals surface area contributed by atoms with Gasteiger partial charge in [0.15, 0.2) is 5.96 Å². The largest absolute Gasteiger partial charge is 0.388 e.